The molecular formula is C8H19BClNSi. The Balaban J connectivity index is 4.38. The number of nitrogens with zero attached hydrogens (tertiary/aromatic N) is 1. The van der Waals surface area contributed by atoms with Crippen LogP contribution in [0.1, 0.15) is 6.92 Å². The van der Waals surface area contributed by atoms with Gasteiger partial charge in [0.05, 0.1) is 8.07 Å². The second-order valence-electron chi connectivity index (χ2n) is 4.55. The Labute approximate surface area is 82.8 Å². The van der Waals surface area contributed by atoms with E-state index in [4.69, 9.17) is 11.5 Å². The molecule has 70 valence electrons. The normalized spacial score (nSPS) is 13.8. The fourth-order valence-corrected chi connectivity index (χ4v) is 2.85. The molecule has 0 saturated carbocycles. The largest absolute Gasteiger partial charge is 0.359 e. The summed E-state index contributed by atoms with van der Waals surface area (Å²) in [6, 6.07) is 0. The molecule has 0 aromatic carbocycles. The van der Waals surface area contributed by atoms with Gasteiger partial charge in [0.1, 0.15) is 0 Å². The first-order chi connectivity index (χ1) is 5.24. The zero-order valence-electron chi connectivity index (χ0n) is 8.98. The maximum Gasteiger partial charge on any atom is 0.359 e. The average Bonchev–Trinajstić information content (AvgIpc) is 1.82. The van der Waals surface area contributed by atoms with Gasteiger partial charge in [-0.05, 0) is 21.0 Å². The van der Waals surface area contributed by atoms with Gasteiger partial charge in [0.2, 0.25) is 0 Å². The van der Waals surface area contributed by atoms with E-state index in [1.807, 2.05) is 18.9 Å². The van der Waals surface area contributed by atoms with Crippen molar-refractivity contribution >= 4 is 25.8 Å². The molecule has 0 aromatic heterocycles. The van der Waals surface area contributed by atoms with Crippen LogP contribution < -0.4 is 0 Å². The Kier molecular flexibility index (Phi) is 4.59. The van der Waals surface area contributed by atoms with Crippen LogP contribution in [0.15, 0.2) is 11.2 Å². The quantitative estimate of drug-likeness (QED) is 0.638. The molecular weight excluding hydrogens is 184 g/mol. The van der Waals surface area contributed by atoms with Gasteiger partial charge in [-0.25, -0.2) is 0 Å². The molecule has 1 nitrogen and oxygen atoms in total. The number of allylic oxidation sites excluding steroid dienone is 1. The molecule has 0 fully saturated rings. The molecule has 0 spiro atoms. The monoisotopic (exact) mass is 203 g/mol. The van der Waals surface area contributed by atoms with Crippen LogP contribution in [-0.2, 0) is 0 Å². The summed E-state index contributed by atoms with van der Waals surface area (Å²) in [5.41, 5.74) is 3.63. The van der Waals surface area contributed by atoms with Gasteiger partial charge in [0, 0.05) is 0 Å². The molecule has 4 heteroatoms. The molecule has 0 atom stereocenters. The zero-order valence-corrected chi connectivity index (χ0v) is 10.7. The van der Waals surface area contributed by atoms with Gasteiger partial charge >= 0.3 is 6.26 Å². The summed E-state index contributed by atoms with van der Waals surface area (Å²) in [6.07, 6.45) is 0.0525. The van der Waals surface area contributed by atoms with Gasteiger partial charge in [-0.3, -0.25) is 0 Å². The van der Waals surface area contributed by atoms with Crippen molar-refractivity contribution < 1.29 is 0 Å². The van der Waals surface area contributed by atoms with Crippen LogP contribution in [0.25, 0.3) is 0 Å². The van der Waals surface area contributed by atoms with Crippen molar-refractivity contribution in [2.75, 3.05) is 14.1 Å². The minimum absolute atomic E-state index is 0.0525. The van der Waals surface area contributed by atoms with Crippen LogP contribution in [0, 0.1) is 0 Å². The highest BCUT2D eigenvalue weighted by atomic mass is 35.5. The van der Waals surface area contributed by atoms with Gasteiger partial charge < -0.3 is 4.81 Å². The number of rotatable bonds is 3. The second kappa shape index (κ2) is 4.49. The fraction of sp³-hybridized carbons (Fsp3) is 0.750. The molecule has 0 unspecified atom stereocenters. The third-order valence-electron chi connectivity index (χ3n) is 1.49. The summed E-state index contributed by atoms with van der Waals surface area (Å²) in [5.74, 6) is 0. The fourth-order valence-electron chi connectivity index (χ4n) is 1.16. The molecule has 0 aromatic rings. The van der Waals surface area contributed by atoms with Gasteiger partial charge in [-0.2, -0.15) is 11.5 Å². The van der Waals surface area contributed by atoms with Gasteiger partial charge in [0.15, 0.2) is 0 Å². The van der Waals surface area contributed by atoms with E-state index >= 15 is 0 Å². The van der Waals surface area contributed by atoms with Crippen molar-refractivity contribution in [1.29, 1.82) is 0 Å². The predicted octanol–water partition coefficient (Wildman–Crippen LogP) is 2.64. The predicted molar refractivity (Wildman–Crippen MR) is 62.4 cm³/mol. The van der Waals surface area contributed by atoms with Gasteiger partial charge in [-0.15, -0.1) is 5.70 Å². The highest BCUT2D eigenvalue weighted by Crippen LogP contribution is 2.12. The third-order valence-corrected chi connectivity index (χ3v) is 3.55. The molecule has 0 amide bonds. The van der Waals surface area contributed by atoms with Crippen molar-refractivity contribution in [3.05, 3.63) is 11.2 Å². The lowest BCUT2D eigenvalue weighted by Gasteiger charge is -2.18. The Morgan fingerprint density at radius 3 is 2.00 bits per heavy atom. The summed E-state index contributed by atoms with van der Waals surface area (Å²) in [4.78, 5) is 2.02. The molecule has 0 N–H and O–H groups in total. The Bertz CT molecular complexity index is 174. The third kappa shape index (κ3) is 5.01. The molecule has 0 aliphatic heterocycles. The highest BCUT2D eigenvalue weighted by molar-refractivity contribution is 7.09. The molecule has 0 radical (unpaired) electrons. The van der Waals surface area contributed by atoms with E-state index in [-0.39, 0.29) is 6.26 Å². The van der Waals surface area contributed by atoms with Crippen LogP contribution >= 0.6 is 11.5 Å². The molecule has 0 rings (SSSR count). The van der Waals surface area contributed by atoms with Gasteiger partial charge in [0.25, 0.3) is 0 Å². The number of hydrogen-bond acceptors (Lipinski definition) is 1. The summed E-state index contributed by atoms with van der Waals surface area (Å²) in [7, 11) is 2.90. The summed E-state index contributed by atoms with van der Waals surface area (Å²) in [6.45, 7) is 9.05. The van der Waals surface area contributed by atoms with E-state index in [2.05, 4.69) is 32.3 Å². The van der Waals surface area contributed by atoms with E-state index < -0.39 is 8.07 Å². The molecule has 0 heterocycles. The average molecular weight is 204 g/mol. The van der Waals surface area contributed by atoms with Crippen LogP contribution in [0.5, 0.6) is 0 Å². The topological polar surface area (TPSA) is 3.24 Å². The minimum atomic E-state index is -1.10. The molecule has 0 aliphatic rings. The zero-order chi connectivity index (χ0) is 9.94. The molecule has 0 bridgehead atoms. The van der Waals surface area contributed by atoms with E-state index in [1.54, 1.807) is 0 Å². The minimum Gasteiger partial charge on any atom is -0.330 e. The first kappa shape index (κ1) is 12.3. The van der Waals surface area contributed by atoms with Crippen LogP contribution in [0.2, 0.25) is 19.6 Å². The lowest BCUT2D eigenvalue weighted by molar-refractivity contribution is 0.659. The highest BCUT2D eigenvalue weighted by Gasteiger charge is 2.19. The first-order valence-corrected chi connectivity index (χ1v) is 8.25. The number of hydrogen-bond donors (Lipinski definition) is 0. The van der Waals surface area contributed by atoms with Crippen molar-refractivity contribution in [1.82, 2.24) is 4.81 Å². The maximum atomic E-state index is 6.15. The first-order valence-electron chi connectivity index (χ1n) is 4.24. The second-order valence-corrected chi connectivity index (χ2v) is 9.99. The van der Waals surface area contributed by atoms with Crippen LogP contribution in [0.4, 0.5) is 0 Å². The molecule has 12 heavy (non-hydrogen) atoms. The lowest BCUT2D eigenvalue weighted by atomic mass is 9.81. The lowest BCUT2D eigenvalue weighted by Crippen LogP contribution is -2.30. The van der Waals surface area contributed by atoms with Crippen molar-refractivity contribution in [2.24, 2.45) is 0 Å². The van der Waals surface area contributed by atoms with E-state index in [0.717, 1.165) is 0 Å². The molecule has 0 saturated heterocycles. The molecule has 0 aliphatic carbocycles. The van der Waals surface area contributed by atoms with Crippen LogP contribution in [-0.4, -0.2) is 33.2 Å². The smallest absolute Gasteiger partial charge is 0.330 e. The van der Waals surface area contributed by atoms with Crippen molar-refractivity contribution in [3.63, 3.8) is 0 Å². The Morgan fingerprint density at radius 2 is 1.75 bits per heavy atom. The van der Waals surface area contributed by atoms with E-state index in [1.165, 1.54) is 5.47 Å². The SMILES string of the molecule is CC(=C[Si](C)(C)C)B(Cl)N(C)C. The van der Waals surface area contributed by atoms with Crippen molar-refractivity contribution in [2.45, 2.75) is 26.6 Å². The Hall–Kier alpha value is 0.272. The van der Waals surface area contributed by atoms with Gasteiger partial charge in [-0.1, -0.05) is 25.1 Å². The standard InChI is InChI=1S/C8H19BClNSi/c1-8(7-12(4,5)6)9(10)11(2)3/h7H,1-6H3. The maximum absolute atomic E-state index is 6.15. The summed E-state index contributed by atoms with van der Waals surface area (Å²) < 4.78 is 0. The number of halogens is 1. The summed E-state index contributed by atoms with van der Waals surface area (Å²) >= 11 is 6.15. The van der Waals surface area contributed by atoms with E-state index in [9.17, 15) is 0 Å². The summed E-state index contributed by atoms with van der Waals surface area (Å²) in [5, 5.41) is 0. The Morgan fingerprint density at radius 1 is 1.33 bits per heavy atom. The van der Waals surface area contributed by atoms with E-state index in [0.29, 0.717) is 0 Å². The van der Waals surface area contributed by atoms with Crippen LogP contribution in [0.3, 0.4) is 0 Å². The van der Waals surface area contributed by atoms with Crippen molar-refractivity contribution in [3.8, 4) is 0 Å².